The summed E-state index contributed by atoms with van der Waals surface area (Å²) in [6, 6.07) is 7.75. The van der Waals surface area contributed by atoms with Crippen LogP contribution in [0.2, 0.25) is 0 Å². The second kappa shape index (κ2) is 12.0. The lowest BCUT2D eigenvalue weighted by atomic mass is 10.0. The predicted octanol–water partition coefficient (Wildman–Crippen LogP) is 4.68. The largest absolute Gasteiger partial charge is 0.497 e. The lowest BCUT2D eigenvalue weighted by Gasteiger charge is -2.30. The van der Waals surface area contributed by atoms with Crippen LogP contribution in [0.1, 0.15) is 56.6 Å². The van der Waals surface area contributed by atoms with Gasteiger partial charge in [-0.05, 0) is 49.6 Å². The number of carboxylic acid groups (broad SMARTS) is 1. The highest BCUT2D eigenvalue weighted by atomic mass is 16.6. The Labute approximate surface area is 194 Å². The summed E-state index contributed by atoms with van der Waals surface area (Å²) < 4.78 is 11.3. The highest BCUT2D eigenvalue weighted by Crippen LogP contribution is 2.26. The topological polar surface area (TPSA) is 106 Å². The highest BCUT2D eigenvalue weighted by molar-refractivity contribution is 6.00. The molecule has 9 nitrogen and oxygen atoms in total. The molecule has 1 aromatic carbocycles. The number of methoxy groups -OCH3 is 1. The number of benzene rings is 1. The average molecular weight is 457 g/mol. The minimum atomic E-state index is -0.896. The zero-order valence-corrected chi connectivity index (χ0v) is 19.5. The summed E-state index contributed by atoms with van der Waals surface area (Å²) in [5.74, 6) is 1.56. The van der Waals surface area contributed by atoms with Gasteiger partial charge in [-0.2, -0.15) is 4.98 Å². The second-order valence-corrected chi connectivity index (χ2v) is 8.01. The molecule has 0 aliphatic carbocycles. The van der Waals surface area contributed by atoms with Gasteiger partial charge in [-0.15, -0.1) is 0 Å². The number of nitrogens with zero attached hydrogens (tertiary/aromatic N) is 4. The lowest BCUT2D eigenvalue weighted by molar-refractivity contribution is 0.0863. The van der Waals surface area contributed by atoms with Crippen molar-refractivity contribution in [3.8, 4) is 17.5 Å². The van der Waals surface area contributed by atoms with Crippen LogP contribution in [0.5, 0.6) is 17.5 Å². The van der Waals surface area contributed by atoms with E-state index in [9.17, 15) is 4.79 Å². The minimum Gasteiger partial charge on any atom is -0.497 e. The first-order chi connectivity index (χ1) is 16.0. The van der Waals surface area contributed by atoms with Crippen LogP contribution in [-0.2, 0) is 0 Å². The van der Waals surface area contributed by atoms with Gasteiger partial charge in [0, 0.05) is 25.9 Å². The second-order valence-electron chi connectivity index (χ2n) is 8.01. The molecule has 0 saturated carbocycles. The van der Waals surface area contributed by atoms with E-state index in [2.05, 4.69) is 22.0 Å². The lowest BCUT2D eigenvalue weighted by Crippen LogP contribution is -2.41. The van der Waals surface area contributed by atoms with Gasteiger partial charge in [0.2, 0.25) is 5.88 Å². The van der Waals surface area contributed by atoms with E-state index in [1.54, 1.807) is 7.11 Å². The summed E-state index contributed by atoms with van der Waals surface area (Å²) in [5.41, 5.74) is 2.47. The van der Waals surface area contributed by atoms with Crippen molar-refractivity contribution in [1.29, 1.82) is 0 Å². The molecule has 1 amide bonds. The Hall–Kier alpha value is -3.36. The molecule has 9 heteroatoms. The molecule has 1 aliphatic heterocycles. The number of hydrogen-bond acceptors (Lipinski definition) is 7. The fourth-order valence-corrected chi connectivity index (χ4v) is 3.62. The summed E-state index contributed by atoms with van der Waals surface area (Å²) in [4.78, 5) is 26.7. The van der Waals surface area contributed by atoms with E-state index in [0.29, 0.717) is 43.3 Å². The molecule has 2 heterocycles. The molecule has 2 aromatic rings. The Bertz CT molecular complexity index is 940. The van der Waals surface area contributed by atoms with Crippen molar-refractivity contribution >= 4 is 11.8 Å². The first kappa shape index (κ1) is 24.3. The third kappa shape index (κ3) is 6.81. The molecule has 3 rings (SSSR count). The number of amides is 1. The first-order valence-electron chi connectivity index (χ1n) is 11.4. The molecule has 0 spiro atoms. The zero-order valence-electron chi connectivity index (χ0n) is 19.5. The number of unbranched alkanes of at least 4 members (excludes halogenated alkanes) is 2. The molecule has 1 aliphatic rings. The van der Waals surface area contributed by atoms with Gasteiger partial charge in [-0.3, -0.25) is 0 Å². The van der Waals surface area contributed by atoms with Crippen LogP contribution in [0.25, 0.3) is 0 Å². The fourth-order valence-electron chi connectivity index (χ4n) is 3.62. The van der Waals surface area contributed by atoms with E-state index in [1.165, 1.54) is 11.2 Å². The molecule has 0 unspecified atom stereocenters. The van der Waals surface area contributed by atoms with Crippen molar-refractivity contribution < 1.29 is 24.2 Å². The number of piperidine rings is 1. The normalized spacial score (nSPS) is 14.8. The smallest absolute Gasteiger partial charge is 0.407 e. The van der Waals surface area contributed by atoms with E-state index in [-0.39, 0.29) is 6.10 Å². The first-order valence-corrected chi connectivity index (χ1v) is 11.4. The monoisotopic (exact) mass is 456 g/mol. The number of oxime groups is 1. The number of likely N-dealkylation sites (tertiary alicyclic amines) is 1. The van der Waals surface area contributed by atoms with Crippen molar-refractivity contribution in [3.05, 3.63) is 41.7 Å². The Kier molecular flexibility index (Phi) is 8.86. The quantitative estimate of drug-likeness (QED) is 0.314. The summed E-state index contributed by atoms with van der Waals surface area (Å²) in [7, 11) is 1.64. The van der Waals surface area contributed by atoms with Crippen LogP contribution in [0.3, 0.4) is 0 Å². The van der Waals surface area contributed by atoms with Crippen molar-refractivity contribution in [2.45, 2.75) is 58.5 Å². The molecule has 0 bridgehead atoms. The van der Waals surface area contributed by atoms with Crippen molar-refractivity contribution in [2.75, 3.05) is 20.2 Å². The molecule has 1 saturated heterocycles. The van der Waals surface area contributed by atoms with Gasteiger partial charge in [-0.1, -0.05) is 24.9 Å². The molecular formula is C24H32N4O5. The minimum absolute atomic E-state index is 0.102. The molecule has 0 radical (unpaired) electrons. The third-order valence-electron chi connectivity index (χ3n) is 5.67. The number of rotatable bonds is 10. The van der Waals surface area contributed by atoms with Gasteiger partial charge >= 0.3 is 6.09 Å². The molecule has 33 heavy (non-hydrogen) atoms. The fraction of sp³-hybridized carbons (Fsp3) is 0.500. The highest BCUT2D eigenvalue weighted by Gasteiger charge is 2.25. The van der Waals surface area contributed by atoms with E-state index < -0.39 is 6.09 Å². The van der Waals surface area contributed by atoms with E-state index in [4.69, 9.17) is 19.4 Å². The summed E-state index contributed by atoms with van der Waals surface area (Å²) in [6.45, 7) is 4.89. The number of aromatic nitrogens is 2. The Morgan fingerprint density at radius 1 is 1.15 bits per heavy atom. The Balaban J connectivity index is 1.71. The van der Waals surface area contributed by atoms with Gasteiger partial charge in [-0.25, -0.2) is 9.78 Å². The molecule has 0 atom stereocenters. The van der Waals surface area contributed by atoms with Gasteiger partial charge in [0.1, 0.15) is 18.2 Å². The van der Waals surface area contributed by atoms with Gasteiger partial charge in [0.05, 0.1) is 18.4 Å². The zero-order chi connectivity index (χ0) is 23.6. The molecular weight excluding hydrogens is 424 g/mol. The van der Waals surface area contributed by atoms with Gasteiger partial charge in [0.25, 0.3) is 5.88 Å². The number of ether oxygens (including phenoxy) is 2. The molecule has 1 aromatic heterocycles. The number of carbonyl (C=O) groups is 1. The van der Waals surface area contributed by atoms with Crippen LogP contribution in [0, 0.1) is 6.92 Å². The van der Waals surface area contributed by atoms with Crippen LogP contribution in [-0.4, -0.2) is 58.1 Å². The van der Waals surface area contributed by atoms with Crippen LogP contribution in [0.15, 0.2) is 35.7 Å². The summed E-state index contributed by atoms with van der Waals surface area (Å²) in [6.07, 6.45) is 5.65. The van der Waals surface area contributed by atoms with E-state index >= 15 is 0 Å². The van der Waals surface area contributed by atoms with Gasteiger partial charge in [0.15, 0.2) is 0 Å². The summed E-state index contributed by atoms with van der Waals surface area (Å²) in [5, 5.41) is 13.5. The standard InChI is InChI=1S/C24H32N4O5/c1-4-5-6-7-21(18-8-10-19(31-3)11-9-18)27-33-23-17(2)22(25-16-26-23)32-20-12-14-28(15-13-20)24(29)30/h8-11,16,20H,4-7,12-15H2,1-3H3,(H,29,30)/b27-21+. The average Bonchev–Trinajstić information content (AvgIpc) is 2.84. The Morgan fingerprint density at radius 3 is 2.48 bits per heavy atom. The number of hydrogen-bond donors (Lipinski definition) is 1. The van der Waals surface area contributed by atoms with Crippen LogP contribution < -0.4 is 14.3 Å². The Morgan fingerprint density at radius 2 is 1.85 bits per heavy atom. The maximum atomic E-state index is 11.1. The van der Waals surface area contributed by atoms with Gasteiger partial charge < -0.3 is 24.3 Å². The van der Waals surface area contributed by atoms with Crippen molar-refractivity contribution in [1.82, 2.24) is 14.9 Å². The van der Waals surface area contributed by atoms with Crippen LogP contribution >= 0.6 is 0 Å². The van der Waals surface area contributed by atoms with E-state index in [1.807, 2.05) is 31.2 Å². The third-order valence-corrected chi connectivity index (χ3v) is 5.67. The molecule has 1 N–H and O–H groups in total. The maximum absolute atomic E-state index is 11.1. The summed E-state index contributed by atoms with van der Waals surface area (Å²) >= 11 is 0. The van der Waals surface area contributed by atoms with Crippen molar-refractivity contribution in [2.24, 2.45) is 5.16 Å². The van der Waals surface area contributed by atoms with Crippen molar-refractivity contribution in [3.63, 3.8) is 0 Å². The predicted molar refractivity (Wildman–Crippen MR) is 124 cm³/mol. The SMILES string of the molecule is CCCCC/C(=N\Oc1ncnc(OC2CCN(C(=O)O)CC2)c1C)c1ccc(OC)cc1. The van der Waals surface area contributed by atoms with E-state index in [0.717, 1.165) is 42.7 Å². The molecule has 1 fully saturated rings. The maximum Gasteiger partial charge on any atom is 0.407 e. The molecule has 178 valence electrons. The van der Waals surface area contributed by atoms with Crippen LogP contribution in [0.4, 0.5) is 4.79 Å².